The van der Waals surface area contributed by atoms with E-state index in [2.05, 4.69) is 0 Å². The predicted molar refractivity (Wildman–Crippen MR) is 48.6 cm³/mol. The van der Waals surface area contributed by atoms with Gasteiger partial charge >= 0.3 is 0 Å². The Morgan fingerprint density at radius 1 is 1.31 bits per heavy atom. The van der Waals surface area contributed by atoms with E-state index < -0.39 is 18.1 Å². The molecule has 0 fully saturated rings. The van der Waals surface area contributed by atoms with Gasteiger partial charge in [-0.05, 0) is 5.56 Å². The van der Waals surface area contributed by atoms with Crippen molar-refractivity contribution in [3.05, 3.63) is 35.9 Å². The molecule has 5 N–H and O–H groups in total. The molecule has 0 heterocycles. The number of hydrogen-bond acceptors (Lipinski definition) is 3. The summed E-state index contributed by atoms with van der Waals surface area (Å²) in [6.45, 7) is 0. The highest BCUT2D eigenvalue weighted by molar-refractivity contribution is 5.79. The standard InChI is InChI=1S/C9H12N2O2/c10-7(8(12)9(11)13)6-4-2-1-3-5-6/h1-5,7-8,12H,10H2,(H2,11,13)/t7?,8-/m1/s1. The van der Waals surface area contributed by atoms with E-state index in [1.807, 2.05) is 6.07 Å². The Balaban J connectivity index is 2.79. The Labute approximate surface area is 76.2 Å². The first-order chi connectivity index (χ1) is 6.13. The first-order valence-corrected chi connectivity index (χ1v) is 3.91. The van der Waals surface area contributed by atoms with Crippen LogP contribution in [-0.2, 0) is 4.79 Å². The molecule has 70 valence electrons. The maximum absolute atomic E-state index is 10.6. The summed E-state index contributed by atoms with van der Waals surface area (Å²) in [5.41, 5.74) is 11.2. The van der Waals surface area contributed by atoms with Crippen molar-refractivity contribution in [1.82, 2.24) is 0 Å². The summed E-state index contributed by atoms with van der Waals surface area (Å²) in [4.78, 5) is 10.6. The van der Waals surface area contributed by atoms with Crippen LogP contribution in [0.1, 0.15) is 11.6 Å². The van der Waals surface area contributed by atoms with Crippen molar-refractivity contribution >= 4 is 5.91 Å². The van der Waals surface area contributed by atoms with Crippen molar-refractivity contribution in [1.29, 1.82) is 0 Å². The molecule has 1 amide bonds. The van der Waals surface area contributed by atoms with Crippen molar-refractivity contribution < 1.29 is 9.90 Å². The lowest BCUT2D eigenvalue weighted by Gasteiger charge is -2.15. The Bertz CT molecular complexity index is 287. The molecule has 0 aromatic heterocycles. The van der Waals surface area contributed by atoms with E-state index in [0.717, 1.165) is 0 Å². The lowest BCUT2D eigenvalue weighted by Crippen LogP contribution is -2.37. The van der Waals surface area contributed by atoms with Gasteiger partial charge < -0.3 is 16.6 Å². The van der Waals surface area contributed by atoms with Crippen LogP contribution in [0.25, 0.3) is 0 Å². The van der Waals surface area contributed by atoms with Gasteiger partial charge in [0.05, 0.1) is 6.04 Å². The zero-order chi connectivity index (χ0) is 9.84. The molecule has 2 atom stereocenters. The summed E-state index contributed by atoms with van der Waals surface area (Å²) in [6.07, 6.45) is -1.33. The lowest BCUT2D eigenvalue weighted by molar-refractivity contribution is -0.127. The van der Waals surface area contributed by atoms with Gasteiger partial charge in [0.2, 0.25) is 5.91 Å². The van der Waals surface area contributed by atoms with E-state index in [9.17, 15) is 9.90 Å². The predicted octanol–water partition coefficient (Wildman–Crippen LogP) is -0.467. The monoisotopic (exact) mass is 180 g/mol. The van der Waals surface area contributed by atoms with Crippen LogP contribution in [0.5, 0.6) is 0 Å². The molecule has 0 spiro atoms. The van der Waals surface area contributed by atoms with Gasteiger partial charge in [-0.25, -0.2) is 0 Å². The highest BCUT2D eigenvalue weighted by Gasteiger charge is 2.21. The molecule has 0 bridgehead atoms. The third-order valence-electron chi connectivity index (χ3n) is 1.82. The summed E-state index contributed by atoms with van der Waals surface area (Å²) in [6, 6.07) is 8.10. The molecule has 0 radical (unpaired) electrons. The van der Waals surface area contributed by atoms with Crippen LogP contribution in [0.4, 0.5) is 0 Å². The number of benzene rings is 1. The van der Waals surface area contributed by atoms with E-state index in [1.165, 1.54) is 0 Å². The minimum Gasteiger partial charge on any atom is -0.381 e. The Morgan fingerprint density at radius 2 is 1.85 bits per heavy atom. The Hall–Kier alpha value is -1.39. The molecular formula is C9H12N2O2. The number of carbonyl (C=O) groups is 1. The second-order valence-electron chi connectivity index (χ2n) is 2.78. The van der Waals surface area contributed by atoms with Crippen molar-refractivity contribution in [2.75, 3.05) is 0 Å². The van der Waals surface area contributed by atoms with Crippen molar-refractivity contribution in [2.45, 2.75) is 12.1 Å². The molecule has 4 heteroatoms. The van der Waals surface area contributed by atoms with Crippen LogP contribution in [0.3, 0.4) is 0 Å². The maximum atomic E-state index is 10.6. The average Bonchev–Trinajstić information content (AvgIpc) is 2.17. The Kier molecular flexibility index (Phi) is 3.00. The topological polar surface area (TPSA) is 89.3 Å². The van der Waals surface area contributed by atoms with Gasteiger partial charge in [-0.15, -0.1) is 0 Å². The minimum absolute atomic E-state index is 0.689. The molecule has 0 aliphatic carbocycles. The van der Waals surface area contributed by atoms with Crippen LogP contribution < -0.4 is 11.5 Å². The van der Waals surface area contributed by atoms with Gasteiger partial charge in [-0.2, -0.15) is 0 Å². The lowest BCUT2D eigenvalue weighted by atomic mass is 10.0. The highest BCUT2D eigenvalue weighted by atomic mass is 16.3. The van der Waals surface area contributed by atoms with Crippen LogP contribution in [-0.4, -0.2) is 17.1 Å². The third kappa shape index (κ3) is 2.27. The smallest absolute Gasteiger partial charge is 0.248 e. The molecule has 0 aliphatic heterocycles. The van der Waals surface area contributed by atoms with Crippen molar-refractivity contribution in [3.8, 4) is 0 Å². The molecular weight excluding hydrogens is 168 g/mol. The van der Waals surface area contributed by atoms with E-state index >= 15 is 0 Å². The van der Waals surface area contributed by atoms with E-state index in [0.29, 0.717) is 5.56 Å². The summed E-state index contributed by atoms with van der Waals surface area (Å²) >= 11 is 0. The number of rotatable bonds is 3. The van der Waals surface area contributed by atoms with Gasteiger partial charge in [-0.3, -0.25) is 4.79 Å². The normalized spacial score (nSPS) is 14.9. The average molecular weight is 180 g/mol. The molecule has 13 heavy (non-hydrogen) atoms. The van der Waals surface area contributed by atoms with Crippen molar-refractivity contribution in [3.63, 3.8) is 0 Å². The number of primary amides is 1. The molecule has 1 aromatic rings. The van der Waals surface area contributed by atoms with E-state index in [-0.39, 0.29) is 0 Å². The van der Waals surface area contributed by atoms with Gasteiger partial charge in [0.25, 0.3) is 0 Å². The summed E-state index contributed by atoms with van der Waals surface area (Å²) < 4.78 is 0. The fourth-order valence-electron chi connectivity index (χ4n) is 1.03. The number of aliphatic hydroxyl groups excluding tert-OH is 1. The molecule has 0 aliphatic rings. The fourth-order valence-corrected chi connectivity index (χ4v) is 1.03. The largest absolute Gasteiger partial charge is 0.381 e. The fraction of sp³-hybridized carbons (Fsp3) is 0.222. The number of carbonyl (C=O) groups excluding carboxylic acids is 1. The van der Waals surface area contributed by atoms with E-state index in [1.54, 1.807) is 24.3 Å². The minimum atomic E-state index is -1.33. The van der Waals surface area contributed by atoms with Gasteiger partial charge in [0.15, 0.2) is 6.10 Å². The Morgan fingerprint density at radius 3 is 2.31 bits per heavy atom. The summed E-state index contributed by atoms with van der Waals surface area (Å²) in [5, 5.41) is 9.25. The van der Waals surface area contributed by atoms with Crippen LogP contribution in [0, 0.1) is 0 Å². The summed E-state index contributed by atoms with van der Waals surface area (Å²) in [7, 11) is 0. The van der Waals surface area contributed by atoms with Crippen LogP contribution in [0.15, 0.2) is 30.3 Å². The van der Waals surface area contributed by atoms with Gasteiger partial charge in [-0.1, -0.05) is 30.3 Å². The number of amides is 1. The molecule has 4 nitrogen and oxygen atoms in total. The van der Waals surface area contributed by atoms with Gasteiger partial charge in [0, 0.05) is 0 Å². The maximum Gasteiger partial charge on any atom is 0.248 e. The zero-order valence-electron chi connectivity index (χ0n) is 7.05. The second-order valence-corrected chi connectivity index (χ2v) is 2.78. The molecule has 0 saturated heterocycles. The first kappa shape index (κ1) is 9.70. The number of hydrogen-bond donors (Lipinski definition) is 3. The second kappa shape index (κ2) is 4.02. The summed E-state index contributed by atoms with van der Waals surface area (Å²) in [5.74, 6) is -0.809. The molecule has 1 aromatic carbocycles. The quantitative estimate of drug-likeness (QED) is 0.587. The number of nitrogens with two attached hydrogens (primary N) is 2. The zero-order valence-corrected chi connectivity index (χ0v) is 7.05. The van der Waals surface area contributed by atoms with E-state index in [4.69, 9.17) is 11.5 Å². The van der Waals surface area contributed by atoms with Gasteiger partial charge in [0.1, 0.15) is 0 Å². The van der Waals surface area contributed by atoms with Crippen molar-refractivity contribution in [2.24, 2.45) is 11.5 Å². The molecule has 1 unspecified atom stereocenters. The molecule has 0 saturated carbocycles. The van der Waals surface area contributed by atoms with Crippen LogP contribution in [0.2, 0.25) is 0 Å². The highest BCUT2D eigenvalue weighted by Crippen LogP contribution is 2.12. The molecule has 1 rings (SSSR count). The third-order valence-corrected chi connectivity index (χ3v) is 1.82. The van der Waals surface area contributed by atoms with Crippen LogP contribution >= 0.6 is 0 Å². The SMILES string of the molecule is NC(=O)[C@H](O)C(N)c1ccccc1. The number of aliphatic hydroxyl groups is 1. The first-order valence-electron chi connectivity index (χ1n) is 3.91.